The third-order valence-corrected chi connectivity index (χ3v) is 6.47. The topological polar surface area (TPSA) is 9.23 Å². The van der Waals surface area contributed by atoms with Gasteiger partial charge >= 0.3 is 0 Å². The highest BCUT2D eigenvalue weighted by Crippen LogP contribution is 2.39. The van der Waals surface area contributed by atoms with Crippen molar-refractivity contribution in [2.24, 2.45) is 0 Å². The predicted octanol–water partition coefficient (Wildman–Crippen LogP) is 7.32. The molecule has 0 spiro atoms. The van der Waals surface area contributed by atoms with Crippen LogP contribution in [0.15, 0.2) is 83.6 Å². The van der Waals surface area contributed by atoms with Crippen LogP contribution >= 0.6 is 22.7 Å². The number of ether oxygens (including phenoxy) is 1. The smallest absolute Gasteiger partial charge is 0.118 e. The van der Waals surface area contributed by atoms with Gasteiger partial charge in [0, 0.05) is 9.75 Å². The van der Waals surface area contributed by atoms with Crippen molar-refractivity contribution in [2.45, 2.75) is 26.1 Å². The van der Waals surface area contributed by atoms with Gasteiger partial charge in [-0.15, -0.1) is 22.7 Å². The minimum Gasteiger partial charge on any atom is -0.354 e. The van der Waals surface area contributed by atoms with E-state index in [4.69, 9.17) is 4.74 Å². The third kappa shape index (κ3) is 4.22. The average Bonchev–Trinajstić information content (AvgIpc) is 3.39. The second kappa shape index (κ2) is 8.22. The standard InChI is InChI=1S/C24H22OS2/c1-17-7-11-19(12-8-17)23(21-5-3-15-26-21)25-24(22-6-4-16-27-22)20-13-9-18(2)10-14-20/h3-16,23-24H,1-2H3. The van der Waals surface area contributed by atoms with Crippen molar-refractivity contribution in [1.82, 2.24) is 0 Å². The van der Waals surface area contributed by atoms with Crippen LogP contribution in [0.3, 0.4) is 0 Å². The largest absolute Gasteiger partial charge is 0.354 e. The molecule has 136 valence electrons. The lowest BCUT2D eigenvalue weighted by Crippen LogP contribution is -2.11. The van der Waals surface area contributed by atoms with Crippen molar-refractivity contribution in [1.29, 1.82) is 0 Å². The van der Waals surface area contributed by atoms with E-state index in [1.54, 1.807) is 22.7 Å². The van der Waals surface area contributed by atoms with Crippen LogP contribution in [-0.4, -0.2) is 0 Å². The molecule has 0 saturated carbocycles. The lowest BCUT2D eigenvalue weighted by Gasteiger charge is -2.25. The Bertz CT molecular complexity index is 871. The molecule has 27 heavy (non-hydrogen) atoms. The van der Waals surface area contributed by atoms with Gasteiger partial charge in [-0.05, 0) is 47.9 Å². The Labute approximate surface area is 168 Å². The van der Waals surface area contributed by atoms with Crippen molar-refractivity contribution < 1.29 is 4.74 Å². The SMILES string of the molecule is Cc1ccc(C(OC(c2ccc(C)cc2)c2cccs2)c2cccs2)cc1. The first kappa shape index (κ1) is 18.2. The first-order valence-corrected chi connectivity index (χ1v) is 10.8. The van der Waals surface area contributed by atoms with E-state index in [0.717, 1.165) is 0 Å². The van der Waals surface area contributed by atoms with Crippen molar-refractivity contribution in [3.63, 3.8) is 0 Å². The van der Waals surface area contributed by atoms with Crippen LogP contribution in [0, 0.1) is 13.8 Å². The Morgan fingerprint density at radius 1 is 0.593 bits per heavy atom. The molecule has 2 aromatic heterocycles. The quantitative estimate of drug-likeness (QED) is 0.335. The minimum atomic E-state index is -0.0843. The average molecular weight is 391 g/mol. The van der Waals surface area contributed by atoms with Gasteiger partial charge in [-0.3, -0.25) is 0 Å². The zero-order valence-corrected chi connectivity index (χ0v) is 17.1. The fourth-order valence-electron chi connectivity index (χ4n) is 3.12. The number of benzene rings is 2. The number of hydrogen-bond acceptors (Lipinski definition) is 3. The highest BCUT2D eigenvalue weighted by Gasteiger charge is 2.24. The van der Waals surface area contributed by atoms with Crippen LogP contribution in [0.1, 0.15) is 44.2 Å². The van der Waals surface area contributed by atoms with E-state index in [0.29, 0.717) is 0 Å². The number of aryl methyl sites for hydroxylation is 2. The van der Waals surface area contributed by atoms with Crippen LogP contribution in [0.2, 0.25) is 0 Å². The molecule has 0 aliphatic heterocycles. The summed E-state index contributed by atoms with van der Waals surface area (Å²) in [5, 5.41) is 4.23. The molecule has 0 saturated heterocycles. The summed E-state index contributed by atoms with van der Waals surface area (Å²) in [5.74, 6) is 0. The second-order valence-corrected chi connectivity index (χ2v) is 8.71. The second-order valence-electron chi connectivity index (χ2n) is 6.75. The van der Waals surface area contributed by atoms with Gasteiger partial charge in [-0.2, -0.15) is 0 Å². The third-order valence-electron chi connectivity index (χ3n) is 4.64. The zero-order chi connectivity index (χ0) is 18.6. The summed E-state index contributed by atoms with van der Waals surface area (Å²) in [6.45, 7) is 4.23. The molecule has 1 nitrogen and oxygen atoms in total. The van der Waals surface area contributed by atoms with Gasteiger partial charge in [-0.1, -0.05) is 71.8 Å². The Morgan fingerprint density at radius 3 is 1.33 bits per heavy atom. The summed E-state index contributed by atoms with van der Waals surface area (Å²) in [5.41, 5.74) is 4.91. The van der Waals surface area contributed by atoms with Crippen LogP contribution < -0.4 is 0 Å². The molecule has 0 fully saturated rings. The molecule has 0 amide bonds. The Balaban J connectivity index is 1.74. The van der Waals surface area contributed by atoms with E-state index < -0.39 is 0 Å². The Hall–Kier alpha value is -2.20. The first-order chi connectivity index (χ1) is 13.2. The van der Waals surface area contributed by atoms with Crippen LogP contribution in [0.4, 0.5) is 0 Å². The maximum atomic E-state index is 6.81. The van der Waals surface area contributed by atoms with Gasteiger partial charge in [0.25, 0.3) is 0 Å². The number of hydrogen-bond donors (Lipinski definition) is 0. The molecule has 3 heteroatoms. The lowest BCUT2D eigenvalue weighted by molar-refractivity contribution is 0.0348. The molecular weight excluding hydrogens is 368 g/mol. The van der Waals surface area contributed by atoms with Crippen molar-refractivity contribution >= 4 is 22.7 Å². The summed E-state index contributed by atoms with van der Waals surface area (Å²) in [4.78, 5) is 2.46. The molecule has 4 rings (SSSR count). The van der Waals surface area contributed by atoms with Gasteiger partial charge < -0.3 is 4.74 Å². The highest BCUT2D eigenvalue weighted by atomic mass is 32.1. The minimum absolute atomic E-state index is 0.0843. The molecule has 0 radical (unpaired) electrons. The zero-order valence-electron chi connectivity index (χ0n) is 15.5. The molecule has 0 N–H and O–H groups in total. The molecule has 2 unspecified atom stereocenters. The van der Waals surface area contributed by atoms with Crippen LogP contribution in [0.25, 0.3) is 0 Å². The van der Waals surface area contributed by atoms with Crippen LogP contribution in [-0.2, 0) is 4.74 Å². The summed E-state index contributed by atoms with van der Waals surface area (Å²) in [7, 11) is 0. The summed E-state index contributed by atoms with van der Waals surface area (Å²) in [6.07, 6.45) is -0.169. The van der Waals surface area contributed by atoms with Gasteiger partial charge in [-0.25, -0.2) is 0 Å². The van der Waals surface area contributed by atoms with Gasteiger partial charge in [0.05, 0.1) is 0 Å². The van der Waals surface area contributed by atoms with Crippen molar-refractivity contribution in [3.8, 4) is 0 Å². The maximum Gasteiger partial charge on any atom is 0.118 e. The highest BCUT2D eigenvalue weighted by molar-refractivity contribution is 7.10. The Morgan fingerprint density at radius 2 is 1.00 bits per heavy atom. The summed E-state index contributed by atoms with van der Waals surface area (Å²) >= 11 is 3.49. The van der Waals surface area contributed by atoms with Gasteiger partial charge in [0.1, 0.15) is 12.2 Å². The summed E-state index contributed by atoms with van der Waals surface area (Å²) < 4.78 is 6.81. The monoisotopic (exact) mass is 390 g/mol. The van der Waals surface area contributed by atoms with Crippen LogP contribution in [0.5, 0.6) is 0 Å². The predicted molar refractivity (Wildman–Crippen MR) is 116 cm³/mol. The lowest BCUT2D eigenvalue weighted by atomic mass is 10.0. The normalized spacial score (nSPS) is 13.4. The fraction of sp³-hybridized carbons (Fsp3) is 0.167. The van der Waals surface area contributed by atoms with Gasteiger partial charge in [0.2, 0.25) is 0 Å². The number of rotatable bonds is 6. The van der Waals surface area contributed by atoms with Crippen molar-refractivity contribution in [2.75, 3.05) is 0 Å². The Kier molecular flexibility index (Phi) is 5.53. The maximum absolute atomic E-state index is 6.81. The molecule has 0 aliphatic rings. The van der Waals surface area contributed by atoms with E-state index >= 15 is 0 Å². The van der Waals surface area contributed by atoms with E-state index in [2.05, 4.69) is 97.4 Å². The molecule has 2 heterocycles. The van der Waals surface area contributed by atoms with E-state index in [1.807, 2.05) is 0 Å². The molecular formula is C24H22OS2. The van der Waals surface area contributed by atoms with E-state index in [-0.39, 0.29) is 12.2 Å². The molecule has 0 bridgehead atoms. The van der Waals surface area contributed by atoms with E-state index in [1.165, 1.54) is 32.0 Å². The summed E-state index contributed by atoms with van der Waals surface area (Å²) in [6, 6.07) is 25.9. The molecule has 0 aliphatic carbocycles. The molecule has 2 atom stereocenters. The van der Waals surface area contributed by atoms with E-state index in [9.17, 15) is 0 Å². The molecule has 4 aromatic rings. The van der Waals surface area contributed by atoms with Crippen molar-refractivity contribution in [3.05, 3.63) is 116 Å². The molecule has 2 aromatic carbocycles. The fourth-order valence-corrected chi connectivity index (χ4v) is 4.69. The van der Waals surface area contributed by atoms with Gasteiger partial charge in [0.15, 0.2) is 0 Å². The first-order valence-electron chi connectivity index (χ1n) is 9.06. The number of thiophene rings is 2.